The second kappa shape index (κ2) is 7.13. The predicted octanol–water partition coefficient (Wildman–Crippen LogP) is 1.12. The van der Waals surface area contributed by atoms with Gasteiger partial charge in [0.15, 0.2) is 0 Å². The summed E-state index contributed by atoms with van der Waals surface area (Å²) in [6.45, 7) is 3.04. The number of nitrogens with zero attached hydrogens (tertiary/aromatic N) is 3. The quantitative estimate of drug-likeness (QED) is 0.855. The van der Waals surface area contributed by atoms with Crippen molar-refractivity contribution in [3.8, 4) is 0 Å². The molecule has 25 heavy (non-hydrogen) atoms. The van der Waals surface area contributed by atoms with Gasteiger partial charge in [-0.15, -0.1) is 11.3 Å². The molecule has 2 fully saturated rings. The highest BCUT2D eigenvalue weighted by Crippen LogP contribution is 2.21. The minimum Gasteiger partial charge on any atom is -0.354 e. The predicted molar refractivity (Wildman–Crippen MR) is 95.7 cm³/mol. The van der Waals surface area contributed by atoms with Crippen LogP contribution in [0, 0.1) is 5.92 Å². The summed E-state index contributed by atoms with van der Waals surface area (Å²) in [5.41, 5.74) is 0.678. The third-order valence-electron chi connectivity index (χ3n) is 5.12. The molecular weight excluding hydrogens is 338 g/mol. The van der Waals surface area contributed by atoms with Gasteiger partial charge in [-0.05, 0) is 38.1 Å². The number of hydrogen-bond acceptors (Lipinski definition) is 5. The molecule has 2 atom stereocenters. The highest BCUT2D eigenvalue weighted by atomic mass is 32.1. The van der Waals surface area contributed by atoms with Gasteiger partial charge >= 0.3 is 0 Å². The Kier molecular flexibility index (Phi) is 4.72. The van der Waals surface area contributed by atoms with Crippen LogP contribution in [0.3, 0.4) is 0 Å². The van der Waals surface area contributed by atoms with E-state index in [1.807, 2.05) is 14.7 Å². The minimum absolute atomic E-state index is 0.0401. The number of imidazole rings is 1. The summed E-state index contributed by atoms with van der Waals surface area (Å²) in [7, 11) is 0. The fourth-order valence-electron chi connectivity index (χ4n) is 3.73. The highest BCUT2D eigenvalue weighted by molar-refractivity contribution is 7.15. The van der Waals surface area contributed by atoms with Crippen LogP contribution in [0.25, 0.3) is 4.83 Å². The molecule has 8 heteroatoms. The van der Waals surface area contributed by atoms with Crippen LogP contribution in [-0.2, 0) is 4.79 Å². The van der Waals surface area contributed by atoms with E-state index in [1.54, 1.807) is 12.5 Å². The number of hydrogen-bond donors (Lipinski definition) is 2. The molecule has 0 aromatic carbocycles. The summed E-state index contributed by atoms with van der Waals surface area (Å²) in [4.78, 5) is 32.0. The van der Waals surface area contributed by atoms with Gasteiger partial charge in [-0.25, -0.2) is 4.98 Å². The zero-order valence-corrected chi connectivity index (χ0v) is 14.9. The first-order valence-electron chi connectivity index (χ1n) is 8.92. The molecule has 2 saturated heterocycles. The molecule has 7 nitrogen and oxygen atoms in total. The first kappa shape index (κ1) is 16.5. The van der Waals surface area contributed by atoms with Crippen molar-refractivity contribution in [3.63, 3.8) is 0 Å². The first-order valence-corrected chi connectivity index (χ1v) is 9.80. The lowest BCUT2D eigenvalue weighted by molar-refractivity contribution is -0.123. The summed E-state index contributed by atoms with van der Waals surface area (Å²) in [6, 6.07) is -0.0401. The van der Waals surface area contributed by atoms with Crippen LogP contribution < -0.4 is 10.6 Å². The van der Waals surface area contributed by atoms with Crippen LogP contribution in [0.2, 0.25) is 0 Å². The average molecular weight is 361 g/mol. The number of carbonyl (C=O) groups is 2. The summed E-state index contributed by atoms with van der Waals surface area (Å²) in [5.74, 6) is 0.469. The van der Waals surface area contributed by atoms with E-state index >= 15 is 0 Å². The second-order valence-corrected chi connectivity index (χ2v) is 7.77. The van der Waals surface area contributed by atoms with Crippen LogP contribution in [0.15, 0.2) is 17.9 Å². The van der Waals surface area contributed by atoms with Crippen molar-refractivity contribution >= 4 is 28.0 Å². The SMILES string of the molecule is O=C(NCC1CCCN(C(=O)c2csc3cncn23)C1)C1CCCN1. The molecule has 2 amide bonds. The zero-order valence-electron chi connectivity index (χ0n) is 14.1. The minimum atomic E-state index is -0.0401. The molecule has 2 aliphatic heterocycles. The maximum atomic E-state index is 12.9. The molecule has 0 aliphatic carbocycles. The lowest BCUT2D eigenvalue weighted by Crippen LogP contribution is -2.46. The van der Waals surface area contributed by atoms with E-state index in [9.17, 15) is 9.59 Å². The standard InChI is InChI=1S/C17H23N5O2S/c23-16(13-4-1-5-19-13)20-7-12-3-2-6-21(9-12)17(24)14-10-25-15-8-18-11-22(14)15/h8,10-13,19H,1-7,9H2,(H,20,23). The maximum absolute atomic E-state index is 12.9. The van der Waals surface area contributed by atoms with Gasteiger partial charge in [0.25, 0.3) is 5.91 Å². The lowest BCUT2D eigenvalue weighted by atomic mass is 9.97. The maximum Gasteiger partial charge on any atom is 0.271 e. The Hall–Kier alpha value is -1.93. The normalized spacial score (nSPS) is 23.9. The fourth-order valence-corrected chi connectivity index (χ4v) is 4.56. The monoisotopic (exact) mass is 361 g/mol. The average Bonchev–Trinajstić information content (AvgIpc) is 3.36. The molecule has 134 valence electrons. The molecule has 2 aromatic heterocycles. The molecule has 2 N–H and O–H groups in total. The van der Waals surface area contributed by atoms with Crippen molar-refractivity contribution in [1.29, 1.82) is 0 Å². The molecule has 4 heterocycles. The largest absolute Gasteiger partial charge is 0.354 e. The van der Waals surface area contributed by atoms with Gasteiger partial charge in [0.1, 0.15) is 16.9 Å². The van der Waals surface area contributed by atoms with Crippen molar-refractivity contribution in [1.82, 2.24) is 24.9 Å². The Balaban J connectivity index is 1.35. The summed E-state index contributed by atoms with van der Waals surface area (Å²) in [5, 5.41) is 8.18. The van der Waals surface area contributed by atoms with E-state index in [0.717, 1.165) is 43.6 Å². The van der Waals surface area contributed by atoms with Gasteiger partial charge in [-0.1, -0.05) is 0 Å². The summed E-state index contributed by atoms with van der Waals surface area (Å²) in [6.07, 6.45) is 7.47. The van der Waals surface area contributed by atoms with Gasteiger partial charge < -0.3 is 15.5 Å². The van der Waals surface area contributed by atoms with Gasteiger partial charge in [0.05, 0.1) is 12.2 Å². The van der Waals surface area contributed by atoms with Crippen LogP contribution in [0.4, 0.5) is 0 Å². The molecule has 2 unspecified atom stereocenters. The Morgan fingerprint density at radius 2 is 2.28 bits per heavy atom. The summed E-state index contributed by atoms with van der Waals surface area (Å²) >= 11 is 1.53. The second-order valence-electron chi connectivity index (χ2n) is 6.88. The Morgan fingerprint density at radius 1 is 1.36 bits per heavy atom. The van der Waals surface area contributed by atoms with Crippen molar-refractivity contribution in [3.05, 3.63) is 23.6 Å². The zero-order chi connectivity index (χ0) is 17.2. The highest BCUT2D eigenvalue weighted by Gasteiger charge is 2.28. The topological polar surface area (TPSA) is 78.7 Å². The third kappa shape index (κ3) is 3.41. The molecule has 0 radical (unpaired) electrons. The van der Waals surface area contributed by atoms with E-state index in [1.165, 1.54) is 11.3 Å². The number of thiazole rings is 1. The fraction of sp³-hybridized carbons (Fsp3) is 0.588. The van der Waals surface area contributed by atoms with E-state index < -0.39 is 0 Å². The van der Waals surface area contributed by atoms with Gasteiger partial charge in [0, 0.05) is 25.0 Å². The lowest BCUT2D eigenvalue weighted by Gasteiger charge is -2.33. The van der Waals surface area contributed by atoms with E-state index in [-0.39, 0.29) is 17.9 Å². The smallest absolute Gasteiger partial charge is 0.271 e. The molecule has 2 aliphatic rings. The van der Waals surface area contributed by atoms with E-state index in [2.05, 4.69) is 15.6 Å². The number of rotatable bonds is 4. The third-order valence-corrected chi connectivity index (χ3v) is 6.01. The van der Waals surface area contributed by atoms with Crippen LogP contribution in [0.1, 0.15) is 36.2 Å². The first-order chi connectivity index (χ1) is 12.2. The molecule has 2 aromatic rings. The van der Waals surface area contributed by atoms with Crippen LogP contribution in [-0.4, -0.2) is 58.3 Å². The summed E-state index contributed by atoms with van der Waals surface area (Å²) < 4.78 is 1.85. The Labute approximate surface area is 150 Å². The number of likely N-dealkylation sites (tertiary alicyclic amines) is 1. The van der Waals surface area contributed by atoms with Crippen LogP contribution in [0.5, 0.6) is 0 Å². The molecule has 4 rings (SSSR count). The van der Waals surface area contributed by atoms with Gasteiger partial charge in [0.2, 0.25) is 5.91 Å². The molecule has 0 spiro atoms. The van der Waals surface area contributed by atoms with E-state index in [0.29, 0.717) is 24.7 Å². The number of fused-ring (bicyclic) bond motifs is 1. The van der Waals surface area contributed by atoms with Crippen molar-refractivity contribution in [2.75, 3.05) is 26.2 Å². The van der Waals surface area contributed by atoms with Gasteiger partial charge in [-0.3, -0.25) is 14.0 Å². The number of nitrogens with one attached hydrogen (secondary N) is 2. The Bertz CT molecular complexity index is 764. The number of piperidine rings is 1. The number of carbonyl (C=O) groups excluding carboxylic acids is 2. The van der Waals surface area contributed by atoms with E-state index in [4.69, 9.17) is 0 Å². The number of amides is 2. The number of aromatic nitrogens is 2. The van der Waals surface area contributed by atoms with Crippen molar-refractivity contribution in [2.24, 2.45) is 5.92 Å². The Morgan fingerprint density at radius 3 is 3.12 bits per heavy atom. The van der Waals surface area contributed by atoms with Crippen molar-refractivity contribution in [2.45, 2.75) is 31.7 Å². The molecule has 0 saturated carbocycles. The molecule has 0 bridgehead atoms. The molecular formula is C17H23N5O2S. The van der Waals surface area contributed by atoms with Crippen molar-refractivity contribution < 1.29 is 9.59 Å². The van der Waals surface area contributed by atoms with Gasteiger partial charge in [-0.2, -0.15) is 0 Å². The van der Waals surface area contributed by atoms with Crippen LogP contribution >= 0.6 is 11.3 Å².